The molecule has 4 nitrogen and oxygen atoms in total. The Labute approximate surface area is 404 Å². The van der Waals surface area contributed by atoms with Gasteiger partial charge in [-0.15, -0.1) is 0 Å². The highest BCUT2D eigenvalue weighted by Crippen LogP contribution is 2.47. The third-order valence-corrected chi connectivity index (χ3v) is 15.1. The minimum absolute atomic E-state index is 0.00521. The molecule has 0 bridgehead atoms. The fourth-order valence-electron chi connectivity index (χ4n) is 12.0. The van der Waals surface area contributed by atoms with E-state index in [9.17, 15) is 0 Å². The molecule has 12 rings (SSSR count). The van der Waals surface area contributed by atoms with E-state index in [0.717, 1.165) is 30.0 Å². The second kappa shape index (κ2) is 18.3. The van der Waals surface area contributed by atoms with Gasteiger partial charge in [-0.2, -0.15) is 0 Å². The summed E-state index contributed by atoms with van der Waals surface area (Å²) in [6.45, 7) is 4.59. The van der Waals surface area contributed by atoms with Crippen molar-refractivity contribution in [2.45, 2.75) is 90.9 Å². The van der Waals surface area contributed by atoms with Crippen LogP contribution in [0.15, 0.2) is 176 Å². The molecule has 0 unspecified atom stereocenters. The number of para-hydroxylation sites is 5. The van der Waals surface area contributed by atoms with E-state index in [1.807, 2.05) is 0 Å². The van der Waals surface area contributed by atoms with Gasteiger partial charge in [0, 0.05) is 57.3 Å². The van der Waals surface area contributed by atoms with Crippen molar-refractivity contribution in [2.75, 3.05) is 14.7 Å². The van der Waals surface area contributed by atoms with E-state index in [1.54, 1.807) is 0 Å². The molecule has 0 radical (unpaired) electrons. The Morgan fingerprint density at radius 2 is 0.765 bits per heavy atom. The van der Waals surface area contributed by atoms with Gasteiger partial charge in [0.25, 0.3) is 13.4 Å². The van der Waals surface area contributed by atoms with Gasteiger partial charge in [0.2, 0.25) is 0 Å². The maximum absolute atomic E-state index is 7.45. The molecule has 0 saturated carbocycles. The topological polar surface area (TPSA) is 19.0 Å². The Hall–Kier alpha value is -6.91. The van der Waals surface area contributed by atoms with Gasteiger partial charge in [0.1, 0.15) is 11.5 Å². The predicted molar refractivity (Wildman–Crippen MR) is 291 cm³/mol. The van der Waals surface area contributed by atoms with E-state index in [-0.39, 0.29) is 13.4 Å². The summed E-state index contributed by atoms with van der Waals surface area (Å²) in [7, 11) is 0. The molecule has 4 aliphatic heterocycles. The highest BCUT2D eigenvalue weighted by molar-refractivity contribution is 7.02. The van der Waals surface area contributed by atoms with E-state index in [0.29, 0.717) is 0 Å². The second-order valence-corrected chi connectivity index (χ2v) is 19.5. The van der Waals surface area contributed by atoms with Crippen LogP contribution in [0.25, 0.3) is 0 Å². The van der Waals surface area contributed by atoms with Gasteiger partial charge >= 0.3 is 0 Å². The first-order chi connectivity index (χ1) is 33.7. The Bertz CT molecular complexity index is 3120. The van der Waals surface area contributed by atoms with E-state index >= 15 is 0 Å². The summed E-state index contributed by atoms with van der Waals surface area (Å²) < 4.78 is 7.45. The normalized spacial score (nSPS) is 13.5. The maximum atomic E-state index is 7.45. The van der Waals surface area contributed by atoms with E-state index in [2.05, 4.69) is 204 Å². The first-order valence-electron chi connectivity index (χ1n) is 25.6. The number of nitrogens with zero attached hydrogens (tertiary/aromatic N) is 3. The van der Waals surface area contributed by atoms with E-state index < -0.39 is 0 Å². The summed E-state index contributed by atoms with van der Waals surface area (Å²) >= 11 is 0. The number of ether oxygens (including phenoxy) is 1. The van der Waals surface area contributed by atoms with E-state index in [4.69, 9.17) is 4.74 Å². The molecule has 0 atom stereocenters. The van der Waals surface area contributed by atoms with Crippen molar-refractivity contribution >= 4 is 97.4 Å². The summed E-state index contributed by atoms with van der Waals surface area (Å²) in [5.41, 5.74) is 21.5. The van der Waals surface area contributed by atoms with Crippen LogP contribution in [0, 0.1) is 0 Å². The molecule has 4 heterocycles. The standard InChI is InChI=1S/C62H59B2N3O/c1-3-5-7-9-14-26-44-38-56-61-57(39-44)67(48-32-20-13-21-33-48)55-43-59-52(42-51(55)63(61)49-34-22-24-36-53(49)65(56)46-28-16-11-17-29-46)64-50-35-23-25-37-54(50)66(47-30-18-12-19-31-47)58-40-45(27-15-10-8-6-4-2)41-60(68-59)62(58)64/h11-13,16-25,28-43H,3-10,14-15,26-27H2,1-2H3. The zero-order chi connectivity index (χ0) is 45.6. The van der Waals surface area contributed by atoms with Crippen LogP contribution in [0.2, 0.25) is 0 Å². The summed E-state index contributed by atoms with van der Waals surface area (Å²) in [6.07, 6.45) is 14.6. The molecule has 0 N–H and O–H groups in total. The summed E-state index contributed by atoms with van der Waals surface area (Å²) in [5, 5.41) is 0. The molecule has 4 aliphatic rings. The predicted octanol–water partition coefficient (Wildman–Crippen LogP) is 13.2. The van der Waals surface area contributed by atoms with Gasteiger partial charge in [-0.1, -0.05) is 162 Å². The maximum Gasteiger partial charge on any atom is 0.256 e. The van der Waals surface area contributed by atoms with Crippen LogP contribution in [-0.2, 0) is 12.8 Å². The van der Waals surface area contributed by atoms with Crippen LogP contribution >= 0.6 is 0 Å². The number of aryl methyl sites for hydroxylation is 2. The molecule has 8 aromatic carbocycles. The number of hydrogen-bond acceptors (Lipinski definition) is 4. The largest absolute Gasteiger partial charge is 0.458 e. The molecular formula is C62H59B2N3O. The minimum Gasteiger partial charge on any atom is -0.458 e. The quantitative estimate of drug-likeness (QED) is 0.0754. The Kier molecular flexibility index (Phi) is 11.4. The molecule has 6 heteroatoms. The molecule has 68 heavy (non-hydrogen) atoms. The van der Waals surface area contributed by atoms with Gasteiger partial charge < -0.3 is 19.4 Å². The number of unbranched alkanes of at least 4 members (excludes halogenated alkanes) is 8. The number of fused-ring (bicyclic) bond motifs is 8. The molecule has 0 spiro atoms. The SMILES string of the molecule is CCCCCCCc1cc2c3c(c1)N(c1ccccc1)c1ccccc1B3c1cc3c(cc1O2)N(c1ccccc1)c1cc(CCCCCCC)cc2c1B3c1ccccc1N2c1ccccc1. The van der Waals surface area contributed by atoms with Crippen LogP contribution in [0.5, 0.6) is 11.5 Å². The zero-order valence-electron chi connectivity index (χ0n) is 39.6. The lowest BCUT2D eigenvalue weighted by molar-refractivity contribution is 0.487. The van der Waals surface area contributed by atoms with Crippen LogP contribution in [0.3, 0.4) is 0 Å². The second-order valence-electron chi connectivity index (χ2n) is 19.5. The zero-order valence-corrected chi connectivity index (χ0v) is 39.6. The van der Waals surface area contributed by atoms with Crippen LogP contribution < -0.4 is 52.2 Å². The number of benzene rings is 8. The molecule has 0 aliphatic carbocycles. The molecule has 0 aromatic heterocycles. The fraction of sp³-hybridized carbons (Fsp3) is 0.226. The van der Waals surface area contributed by atoms with Crippen LogP contribution in [0.4, 0.5) is 51.2 Å². The van der Waals surface area contributed by atoms with Crippen LogP contribution in [0.1, 0.15) is 89.2 Å². The van der Waals surface area contributed by atoms with Crippen molar-refractivity contribution in [2.24, 2.45) is 0 Å². The van der Waals surface area contributed by atoms with Crippen molar-refractivity contribution in [1.29, 1.82) is 0 Å². The number of hydrogen-bond donors (Lipinski definition) is 0. The van der Waals surface area contributed by atoms with Crippen molar-refractivity contribution in [3.05, 3.63) is 187 Å². The van der Waals surface area contributed by atoms with Crippen LogP contribution in [-0.4, -0.2) is 13.4 Å². The molecule has 8 aromatic rings. The first-order valence-corrected chi connectivity index (χ1v) is 25.6. The summed E-state index contributed by atoms with van der Waals surface area (Å²) in [5.74, 6) is 1.93. The first kappa shape index (κ1) is 42.4. The molecule has 334 valence electrons. The number of rotatable bonds is 15. The van der Waals surface area contributed by atoms with Gasteiger partial charge in [-0.25, -0.2) is 0 Å². The minimum atomic E-state index is -0.00963. The molecule has 0 saturated heterocycles. The van der Waals surface area contributed by atoms with Gasteiger partial charge in [0.05, 0.1) is 0 Å². The Balaban J connectivity index is 1.09. The summed E-state index contributed by atoms with van der Waals surface area (Å²) in [4.78, 5) is 7.60. The third kappa shape index (κ3) is 7.32. The Morgan fingerprint density at radius 3 is 1.28 bits per heavy atom. The highest BCUT2D eigenvalue weighted by Gasteiger charge is 2.47. The van der Waals surface area contributed by atoms with Crippen molar-refractivity contribution in [3.8, 4) is 11.5 Å². The van der Waals surface area contributed by atoms with Gasteiger partial charge in [0.15, 0.2) is 0 Å². The molecule has 0 fully saturated rings. The smallest absolute Gasteiger partial charge is 0.256 e. The monoisotopic (exact) mass is 883 g/mol. The third-order valence-electron chi connectivity index (χ3n) is 15.1. The van der Waals surface area contributed by atoms with Crippen molar-refractivity contribution < 1.29 is 4.74 Å². The van der Waals surface area contributed by atoms with Gasteiger partial charge in [-0.3, -0.25) is 0 Å². The summed E-state index contributed by atoms with van der Waals surface area (Å²) in [6, 6.07) is 66.2. The lowest BCUT2D eigenvalue weighted by atomic mass is 9.30. The average molecular weight is 884 g/mol. The lowest BCUT2D eigenvalue weighted by Crippen LogP contribution is -2.64. The van der Waals surface area contributed by atoms with Crippen molar-refractivity contribution in [1.82, 2.24) is 0 Å². The fourth-order valence-corrected chi connectivity index (χ4v) is 12.0. The average Bonchev–Trinajstić information content (AvgIpc) is 3.38. The molecular weight excluding hydrogens is 824 g/mol. The lowest BCUT2D eigenvalue weighted by Gasteiger charge is -2.45. The number of anilines is 9. The van der Waals surface area contributed by atoms with E-state index in [1.165, 1.54) is 154 Å². The molecule has 0 amide bonds. The Morgan fingerprint density at radius 1 is 0.338 bits per heavy atom. The van der Waals surface area contributed by atoms with Gasteiger partial charge in [-0.05, 0) is 142 Å². The highest BCUT2D eigenvalue weighted by atomic mass is 16.5. The van der Waals surface area contributed by atoms with Crippen molar-refractivity contribution in [3.63, 3.8) is 0 Å².